The lowest BCUT2D eigenvalue weighted by Crippen LogP contribution is -2.39. The lowest BCUT2D eigenvalue weighted by molar-refractivity contribution is -0.283. The molecule has 1 N–H and O–H groups in total. The van der Waals surface area contributed by atoms with E-state index in [0.717, 1.165) is 6.07 Å². The smallest absolute Gasteiger partial charge is 0.326 e. The van der Waals surface area contributed by atoms with Gasteiger partial charge < -0.3 is 5.32 Å². The Morgan fingerprint density at radius 3 is 2.19 bits per heavy atom. The maximum absolute atomic E-state index is 12.7. The van der Waals surface area contributed by atoms with Crippen molar-refractivity contribution in [2.75, 3.05) is 5.32 Å². The number of nitrogens with one attached hydrogen (secondary N) is 1. The molecule has 1 aliphatic heterocycles. The van der Waals surface area contributed by atoms with Crippen molar-refractivity contribution in [3.8, 4) is 0 Å². The van der Waals surface area contributed by atoms with Crippen molar-refractivity contribution in [1.82, 2.24) is 0 Å². The van der Waals surface area contributed by atoms with Gasteiger partial charge in [-0.15, -0.1) is 0 Å². The van der Waals surface area contributed by atoms with E-state index in [-0.39, 0.29) is 17.9 Å². The number of alkyl halides is 7. The first-order chi connectivity index (χ1) is 9.50. The van der Waals surface area contributed by atoms with Crippen LogP contribution >= 0.6 is 15.9 Å². The molecule has 1 atom stereocenters. The third-order valence-electron chi connectivity index (χ3n) is 3.07. The topological polar surface area (TPSA) is 29.1 Å². The van der Waals surface area contributed by atoms with Gasteiger partial charge in [0.2, 0.25) is 5.91 Å². The van der Waals surface area contributed by atoms with Crippen molar-refractivity contribution in [1.29, 1.82) is 0 Å². The van der Waals surface area contributed by atoms with Crippen LogP contribution < -0.4 is 5.32 Å². The van der Waals surface area contributed by atoms with Gasteiger partial charge in [-0.05, 0) is 17.2 Å². The largest absolute Gasteiger partial charge is 0.401 e. The van der Waals surface area contributed by atoms with E-state index >= 15 is 0 Å². The second kappa shape index (κ2) is 5.19. The first-order valence-corrected chi connectivity index (χ1v) is 6.62. The Hall–Kier alpha value is -1.25. The number of halogens is 7. The summed E-state index contributed by atoms with van der Waals surface area (Å²) in [5, 5.41) is 2.45. The molecule has 0 radical (unpaired) electrons. The van der Waals surface area contributed by atoms with Crippen LogP contribution in [0.3, 0.4) is 0 Å². The summed E-state index contributed by atoms with van der Waals surface area (Å²) in [6.45, 7) is 0. The van der Waals surface area contributed by atoms with Gasteiger partial charge in [0.25, 0.3) is 0 Å². The monoisotopic (exact) mass is 375 g/mol. The van der Waals surface area contributed by atoms with Gasteiger partial charge in [0.05, 0.1) is 11.2 Å². The van der Waals surface area contributed by atoms with Gasteiger partial charge in [-0.3, -0.25) is 4.79 Å². The second-order valence-corrected chi connectivity index (χ2v) is 5.59. The van der Waals surface area contributed by atoms with Crippen molar-refractivity contribution < 1.29 is 31.1 Å². The van der Waals surface area contributed by atoms with Gasteiger partial charge in [0, 0.05) is 5.69 Å². The highest BCUT2D eigenvalue weighted by Crippen LogP contribution is 2.50. The highest BCUT2D eigenvalue weighted by molar-refractivity contribution is 9.09. The predicted octanol–water partition coefficient (Wildman–Crippen LogP) is 4.36. The van der Waals surface area contributed by atoms with Crippen LogP contribution in [-0.4, -0.2) is 18.3 Å². The summed E-state index contributed by atoms with van der Waals surface area (Å²) < 4.78 is 76.0. The number of carbonyl (C=O) groups excluding carboxylic acids is 1. The molecule has 1 unspecified atom stereocenters. The molecule has 2 nitrogen and oxygen atoms in total. The van der Waals surface area contributed by atoms with Crippen molar-refractivity contribution in [2.45, 2.75) is 23.6 Å². The van der Waals surface area contributed by atoms with Gasteiger partial charge in [-0.2, -0.15) is 26.3 Å². The van der Waals surface area contributed by atoms with Crippen LogP contribution in [0.15, 0.2) is 18.2 Å². The van der Waals surface area contributed by atoms with Crippen molar-refractivity contribution in [3.63, 3.8) is 0 Å². The molecule has 2 rings (SSSR count). The summed E-state index contributed by atoms with van der Waals surface area (Å²) >= 11 is 2.50. The lowest BCUT2D eigenvalue weighted by atomic mass is 9.96. The first kappa shape index (κ1) is 16.1. The molecule has 0 aliphatic carbocycles. The Morgan fingerprint density at radius 2 is 1.67 bits per heavy atom. The van der Waals surface area contributed by atoms with E-state index in [1.54, 1.807) is 0 Å². The zero-order valence-corrected chi connectivity index (χ0v) is 11.7. The fourth-order valence-corrected chi connectivity index (χ4v) is 3.01. The molecule has 0 bridgehead atoms. The van der Waals surface area contributed by atoms with Gasteiger partial charge in [-0.25, -0.2) is 0 Å². The van der Waals surface area contributed by atoms with E-state index in [1.807, 2.05) is 0 Å². The van der Waals surface area contributed by atoms with E-state index in [2.05, 4.69) is 21.2 Å². The molecule has 0 saturated heterocycles. The maximum atomic E-state index is 12.7. The molecule has 0 spiro atoms. The van der Waals surface area contributed by atoms with Crippen molar-refractivity contribution in [2.24, 2.45) is 5.92 Å². The minimum Gasteiger partial charge on any atom is -0.326 e. The quantitative estimate of drug-likeness (QED) is 0.603. The molecule has 0 aromatic heterocycles. The highest BCUT2D eigenvalue weighted by Gasteiger charge is 2.60. The highest BCUT2D eigenvalue weighted by atomic mass is 79.9. The van der Waals surface area contributed by atoms with Gasteiger partial charge in [0.1, 0.15) is 0 Å². The van der Waals surface area contributed by atoms with Crippen molar-refractivity contribution in [3.05, 3.63) is 29.3 Å². The van der Waals surface area contributed by atoms with Gasteiger partial charge in [0.15, 0.2) is 5.92 Å². The van der Waals surface area contributed by atoms with Gasteiger partial charge in [-0.1, -0.05) is 28.1 Å². The zero-order chi connectivity index (χ0) is 16.0. The Labute approximate surface area is 123 Å². The van der Waals surface area contributed by atoms with Crippen LogP contribution in [0.2, 0.25) is 0 Å². The van der Waals surface area contributed by atoms with Crippen LogP contribution in [-0.2, 0) is 11.2 Å². The first-order valence-electron chi connectivity index (χ1n) is 5.70. The Balaban J connectivity index is 2.37. The zero-order valence-electron chi connectivity index (χ0n) is 10.1. The van der Waals surface area contributed by atoms with Crippen LogP contribution in [0.5, 0.6) is 0 Å². The molecular weight excluding hydrogens is 368 g/mol. The normalized spacial score (nSPS) is 16.9. The number of hydrogen-bond donors (Lipinski definition) is 1. The van der Waals surface area contributed by atoms with Crippen LogP contribution in [0.1, 0.15) is 16.0 Å². The van der Waals surface area contributed by atoms with E-state index in [4.69, 9.17) is 0 Å². The molecule has 0 fully saturated rings. The van der Waals surface area contributed by atoms with E-state index < -0.39 is 23.1 Å². The summed E-state index contributed by atoms with van der Waals surface area (Å²) in [5.41, 5.74) is 0.606. The summed E-state index contributed by atoms with van der Waals surface area (Å²) in [6, 6.07) is 3.61. The molecule has 1 heterocycles. The molecule has 1 aromatic rings. The van der Waals surface area contributed by atoms with Crippen LogP contribution in [0.25, 0.3) is 0 Å². The fourth-order valence-electron chi connectivity index (χ4n) is 2.13. The fraction of sp³-hybridized carbons (Fsp3) is 0.417. The number of benzene rings is 1. The maximum Gasteiger partial charge on any atom is 0.401 e. The van der Waals surface area contributed by atoms with Crippen LogP contribution in [0, 0.1) is 5.92 Å². The third-order valence-corrected chi connectivity index (χ3v) is 4.13. The number of anilines is 1. The number of amides is 1. The number of rotatable bonds is 2. The standard InChI is InChI=1S/C12H8BrF6NO/c13-9(10(11(14,15)16)12(17,18)19)5-1-2-7-6(3-5)4-8(21)20-7/h1-3,9-10H,4H2,(H,20,21). The van der Waals surface area contributed by atoms with E-state index in [9.17, 15) is 31.1 Å². The number of hydrogen-bond acceptors (Lipinski definition) is 1. The number of carbonyl (C=O) groups is 1. The third kappa shape index (κ3) is 3.33. The summed E-state index contributed by atoms with van der Waals surface area (Å²) in [7, 11) is 0. The van der Waals surface area contributed by atoms with E-state index in [1.165, 1.54) is 12.1 Å². The average molecular weight is 376 g/mol. The minimum atomic E-state index is -5.43. The Morgan fingerprint density at radius 1 is 1.10 bits per heavy atom. The second-order valence-electron chi connectivity index (χ2n) is 4.60. The SMILES string of the molecule is O=C1Cc2cc(C(Br)C(C(F)(F)F)C(F)(F)F)ccc2N1. The predicted molar refractivity (Wildman–Crippen MR) is 66.0 cm³/mol. The van der Waals surface area contributed by atoms with Crippen LogP contribution in [0.4, 0.5) is 32.0 Å². The summed E-state index contributed by atoms with van der Waals surface area (Å²) in [5.74, 6) is -3.87. The average Bonchev–Trinajstić information content (AvgIpc) is 2.63. The number of fused-ring (bicyclic) bond motifs is 1. The van der Waals surface area contributed by atoms with Gasteiger partial charge >= 0.3 is 12.4 Å². The van der Waals surface area contributed by atoms with Crippen molar-refractivity contribution >= 4 is 27.5 Å². The minimum absolute atomic E-state index is 0.0639. The summed E-state index contributed by atoms with van der Waals surface area (Å²) in [4.78, 5) is 9.18. The molecule has 116 valence electrons. The molecule has 1 aromatic carbocycles. The molecule has 9 heteroatoms. The Bertz CT molecular complexity index is 554. The molecular formula is C12H8BrF6NO. The van der Waals surface area contributed by atoms with E-state index in [0.29, 0.717) is 11.3 Å². The molecule has 21 heavy (non-hydrogen) atoms. The summed E-state index contributed by atoms with van der Waals surface area (Å²) in [6.07, 6.45) is -10.9. The Kier molecular flexibility index (Phi) is 3.98. The molecule has 0 saturated carbocycles. The molecule has 1 amide bonds. The molecule has 1 aliphatic rings. The lowest BCUT2D eigenvalue weighted by Gasteiger charge is -2.27.